The van der Waals surface area contributed by atoms with E-state index in [1.54, 1.807) is 0 Å². The predicted octanol–water partition coefficient (Wildman–Crippen LogP) is 0.818. The van der Waals surface area contributed by atoms with Gasteiger partial charge in [0.15, 0.2) is 0 Å². The first-order valence-electron chi connectivity index (χ1n) is 6.73. The van der Waals surface area contributed by atoms with Crippen molar-refractivity contribution in [3.63, 3.8) is 0 Å². The lowest BCUT2D eigenvalue weighted by atomic mass is 10.0. The number of amides is 1. The Bertz CT molecular complexity index is 241. The third kappa shape index (κ3) is 5.50. The summed E-state index contributed by atoms with van der Waals surface area (Å²) in [4.78, 5) is 13.9. The molecule has 1 saturated heterocycles. The van der Waals surface area contributed by atoms with E-state index < -0.39 is 0 Å². The van der Waals surface area contributed by atoms with Crippen LogP contribution in [0.25, 0.3) is 0 Å². The molecule has 17 heavy (non-hydrogen) atoms. The summed E-state index contributed by atoms with van der Waals surface area (Å²) in [5.74, 6) is 1.35. The van der Waals surface area contributed by atoms with Gasteiger partial charge in [-0.25, -0.2) is 0 Å². The molecule has 0 saturated carbocycles. The van der Waals surface area contributed by atoms with Crippen LogP contribution >= 0.6 is 0 Å². The molecule has 0 aromatic heterocycles. The Labute approximate surface area is 105 Å². The topological polar surface area (TPSA) is 58.4 Å². The fourth-order valence-corrected chi connectivity index (χ4v) is 2.19. The lowest BCUT2D eigenvalue weighted by Crippen LogP contribution is -2.37. The number of nitrogens with one attached hydrogen (secondary N) is 1. The molecule has 0 spiro atoms. The number of carbonyl (C=O) groups is 1. The van der Waals surface area contributed by atoms with Crippen molar-refractivity contribution in [1.29, 1.82) is 0 Å². The van der Waals surface area contributed by atoms with Crippen molar-refractivity contribution in [3.8, 4) is 0 Å². The summed E-state index contributed by atoms with van der Waals surface area (Å²) in [6.45, 7) is 9.68. The minimum absolute atomic E-state index is 0.149. The van der Waals surface area contributed by atoms with Crippen LogP contribution in [0.3, 0.4) is 0 Å². The van der Waals surface area contributed by atoms with E-state index in [2.05, 4.69) is 31.0 Å². The SMILES string of the molecule is CC(C)CCNC(=O)CN1CCC(C(C)N)C1. The Morgan fingerprint density at radius 3 is 2.71 bits per heavy atom. The largest absolute Gasteiger partial charge is 0.355 e. The van der Waals surface area contributed by atoms with Crippen molar-refractivity contribution in [2.24, 2.45) is 17.6 Å². The van der Waals surface area contributed by atoms with Crippen LogP contribution in [0.4, 0.5) is 0 Å². The third-order valence-electron chi connectivity index (χ3n) is 3.46. The van der Waals surface area contributed by atoms with Crippen molar-refractivity contribution in [2.45, 2.75) is 39.7 Å². The zero-order valence-electron chi connectivity index (χ0n) is 11.4. The van der Waals surface area contributed by atoms with Crippen LogP contribution in [-0.4, -0.2) is 43.0 Å². The molecule has 0 bridgehead atoms. The number of nitrogens with two attached hydrogens (primary N) is 1. The molecular weight excluding hydrogens is 214 g/mol. The van der Waals surface area contributed by atoms with Crippen LogP contribution in [0.2, 0.25) is 0 Å². The van der Waals surface area contributed by atoms with E-state index in [0.717, 1.165) is 32.5 Å². The minimum atomic E-state index is 0.149. The number of rotatable bonds is 6. The molecule has 1 fully saturated rings. The van der Waals surface area contributed by atoms with Crippen LogP contribution in [-0.2, 0) is 4.79 Å². The van der Waals surface area contributed by atoms with E-state index in [9.17, 15) is 4.79 Å². The summed E-state index contributed by atoms with van der Waals surface area (Å²) in [6.07, 6.45) is 2.17. The molecule has 1 rings (SSSR count). The molecule has 1 heterocycles. The van der Waals surface area contributed by atoms with E-state index in [4.69, 9.17) is 5.73 Å². The van der Waals surface area contributed by atoms with Crippen LogP contribution in [0.1, 0.15) is 33.6 Å². The van der Waals surface area contributed by atoms with Gasteiger partial charge in [0, 0.05) is 19.1 Å². The molecule has 4 heteroatoms. The van der Waals surface area contributed by atoms with Crippen molar-refractivity contribution in [1.82, 2.24) is 10.2 Å². The van der Waals surface area contributed by atoms with Crippen molar-refractivity contribution in [3.05, 3.63) is 0 Å². The molecule has 0 radical (unpaired) electrons. The van der Waals surface area contributed by atoms with Crippen molar-refractivity contribution < 1.29 is 4.79 Å². The maximum absolute atomic E-state index is 11.7. The van der Waals surface area contributed by atoms with Gasteiger partial charge >= 0.3 is 0 Å². The number of nitrogens with zero attached hydrogens (tertiary/aromatic N) is 1. The van der Waals surface area contributed by atoms with Crippen LogP contribution < -0.4 is 11.1 Å². The highest BCUT2D eigenvalue weighted by molar-refractivity contribution is 5.78. The quantitative estimate of drug-likeness (QED) is 0.724. The maximum atomic E-state index is 11.7. The molecule has 1 aliphatic heterocycles. The molecule has 1 aliphatic rings. The Morgan fingerprint density at radius 2 is 2.18 bits per heavy atom. The number of hydrogen-bond acceptors (Lipinski definition) is 3. The van der Waals surface area contributed by atoms with E-state index in [1.807, 2.05) is 0 Å². The summed E-state index contributed by atoms with van der Waals surface area (Å²) in [6, 6.07) is 0.240. The summed E-state index contributed by atoms with van der Waals surface area (Å²) in [5, 5.41) is 2.97. The van der Waals surface area contributed by atoms with Gasteiger partial charge in [0.2, 0.25) is 5.91 Å². The standard InChI is InChI=1S/C13H27N3O/c1-10(2)4-6-15-13(17)9-16-7-5-12(8-16)11(3)14/h10-12H,4-9,14H2,1-3H3,(H,15,17). The van der Waals surface area contributed by atoms with Crippen molar-refractivity contribution in [2.75, 3.05) is 26.2 Å². The summed E-state index contributed by atoms with van der Waals surface area (Å²) < 4.78 is 0. The van der Waals surface area contributed by atoms with Gasteiger partial charge in [0.1, 0.15) is 0 Å². The average Bonchev–Trinajstić information content (AvgIpc) is 2.65. The van der Waals surface area contributed by atoms with Gasteiger partial charge in [0.05, 0.1) is 6.54 Å². The number of carbonyl (C=O) groups excluding carboxylic acids is 1. The molecule has 1 amide bonds. The monoisotopic (exact) mass is 241 g/mol. The van der Waals surface area contributed by atoms with Gasteiger partial charge in [-0.1, -0.05) is 13.8 Å². The second kappa shape index (κ2) is 6.97. The average molecular weight is 241 g/mol. The highest BCUT2D eigenvalue weighted by Crippen LogP contribution is 2.17. The number of likely N-dealkylation sites (tertiary alicyclic amines) is 1. The Hall–Kier alpha value is -0.610. The van der Waals surface area contributed by atoms with E-state index >= 15 is 0 Å². The minimum Gasteiger partial charge on any atom is -0.355 e. The second-order valence-corrected chi connectivity index (χ2v) is 5.68. The van der Waals surface area contributed by atoms with E-state index in [0.29, 0.717) is 18.4 Å². The molecule has 4 nitrogen and oxygen atoms in total. The maximum Gasteiger partial charge on any atom is 0.234 e. The zero-order valence-corrected chi connectivity index (χ0v) is 11.4. The predicted molar refractivity (Wildman–Crippen MR) is 70.7 cm³/mol. The first-order valence-corrected chi connectivity index (χ1v) is 6.73. The number of hydrogen-bond donors (Lipinski definition) is 2. The van der Waals surface area contributed by atoms with Crippen LogP contribution in [0, 0.1) is 11.8 Å². The second-order valence-electron chi connectivity index (χ2n) is 5.68. The lowest BCUT2D eigenvalue weighted by Gasteiger charge is -2.17. The third-order valence-corrected chi connectivity index (χ3v) is 3.46. The first-order chi connectivity index (χ1) is 7.99. The molecule has 3 N–H and O–H groups in total. The molecule has 2 atom stereocenters. The van der Waals surface area contributed by atoms with Gasteiger partial charge in [-0.2, -0.15) is 0 Å². The summed E-state index contributed by atoms with van der Waals surface area (Å²) >= 11 is 0. The Balaban J connectivity index is 2.15. The fraction of sp³-hybridized carbons (Fsp3) is 0.923. The molecule has 2 unspecified atom stereocenters. The smallest absolute Gasteiger partial charge is 0.234 e. The Morgan fingerprint density at radius 1 is 1.47 bits per heavy atom. The van der Waals surface area contributed by atoms with E-state index in [1.165, 1.54) is 0 Å². The van der Waals surface area contributed by atoms with Crippen molar-refractivity contribution >= 4 is 5.91 Å². The van der Waals surface area contributed by atoms with Gasteiger partial charge in [0.25, 0.3) is 0 Å². The zero-order chi connectivity index (χ0) is 12.8. The van der Waals surface area contributed by atoms with Gasteiger partial charge < -0.3 is 11.1 Å². The van der Waals surface area contributed by atoms with Gasteiger partial charge in [-0.05, 0) is 38.1 Å². The Kier molecular flexibility index (Phi) is 5.92. The van der Waals surface area contributed by atoms with Crippen LogP contribution in [0.5, 0.6) is 0 Å². The molecule has 100 valence electrons. The molecule has 0 aromatic rings. The highest BCUT2D eigenvalue weighted by Gasteiger charge is 2.26. The lowest BCUT2D eigenvalue weighted by molar-refractivity contribution is -0.122. The van der Waals surface area contributed by atoms with Gasteiger partial charge in [-0.15, -0.1) is 0 Å². The molecule has 0 aliphatic carbocycles. The highest BCUT2D eigenvalue weighted by atomic mass is 16.2. The molecule has 0 aromatic carbocycles. The van der Waals surface area contributed by atoms with Gasteiger partial charge in [-0.3, -0.25) is 9.69 Å². The first kappa shape index (κ1) is 14.5. The summed E-state index contributed by atoms with van der Waals surface area (Å²) in [5.41, 5.74) is 5.88. The summed E-state index contributed by atoms with van der Waals surface area (Å²) in [7, 11) is 0. The van der Waals surface area contributed by atoms with Crippen LogP contribution in [0.15, 0.2) is 0 Å². The fourth-order valence-electron chi connectivity index (χ4n) is 2.19. The normalized spacial score (nSPS) is 23.0. The van der Waals surface area contributed by atoms with E-state index in [-0.39, 0.29) is 11.9 Å². The molecular formula is C13H27N3O.